The highest BCUT2D eigenvalue weighted by Crippen LogP contribution is 2.21. The van der Waals surface area contributed by atoms with Crippen molar-refractivity contribution in [3.63, 3.8) is 0 Å². The lowest BCUT2D eigenvalue weighted by molar-refractivity contribution is 0.00682. The topological polar surface area (TPSA) is 70.1 Å². The van der Waals surface area contributed by atoms with Gasteiger partial charge in [-0.05, 0) is 45.4 Å². The molecule has 0 radical (unpaired) electrons. The van der Waals surface area contributed by atoms with Gasteiger partial charge in [0.05, 0.1) is 5.56 Å². The molecule has 0 aliphatic heterocycles. The molecule has 2 aromatic rings. The van der Waals surface area contributed by atoms with Gasteiger partial charge in [0, 0.05) is 12.3 Å². The van der Waals surface area contributed by atoms with Crippen LogP contribution in [-0.2, 0) is 4.74 Å². The number of aryl methyl sites for hydroxylation is 1. The number of nitrogen functional groups attached to an aromatic ring is 1. The van der Waals surface area contributed by atoms with Crippen molar-refractivity contribution in [3.8, 4) is 5.69 Å². The Morgan fingerprint density at radius 1 is 1.38 bits per heavy atom. The average Bonchev–Trinajstić information content (AvgIpc) is 2.76. The molecule has 0 atom stereocenters. The lowest BCUT2D eigenvalue weighted by atomic mass is 10.1. The third kappa shape index (κ3) is 3.39. The second-order valence-electron chi connectivity index (χ2n) is 5.81. The number of halogens is 1. The van der Waals surface area contributed by atoms with Crippen molar-refractivity contribution in [2.24, 2.45) is 0 Å². The van der Waals surface area contributed by atoms with Crippen LogP contribution < -0.4 is 5.73 Å². The van der Waals surface area contributed by atoms with Gasteiger partial charge in [-0.25, -0.2) is 13.9 Å². The number of carbonyl (C=O) groups is 1. The smallest absolute Gasteiger partial charge is 0.339 e. The van der Waals surface area contributed by atoms with Crippen LogP contribution in [0.25, 0.3) is 5.69 Å². The molecule has 0 spiro atoms. The summed E-state index contributed by atoms with van der Waals surface area (Å²) in [4.78, 5) is 12.1. The zero-order chi connectivity index (χ0) is 15.8. The number of rotatable bonds is 2. The highest BCUT2D eigenvalue weighted by Gasteiger charge is 2.21. The van der Waals surface area contributed by atoms with Gasteiger partial charge in [0.25, 0.3) is 0 Å². The van der Waals surface area contributed by atoms with Crippen molar-refractivity contribution >= 4 is 11.8 Å². The van der Waals surface area contributed by atoms with Gasteiger partial charge in [-0.1, -0.05) is 0 Å². The molecular formula is C15H18FN3O2. The number of aromatic nitrogens is 2. The summed E-state index contributed by atoms with van der Waals surface area (Å²) in [6.45, 7) is 7.00. The summed E-state index contributed by atoms with van der Waals surface area (Å²) < 4.78 is 20.8. The first-order valence-electron chi connectivity index (χ1n) is 6.52. The highest BCUT2D eigenvalue weighted by atomic mass is 19.1. The molecular weight excluding hydrogens is 273 g/mol. The number of ether oxygens (including phenoxy) is 1. The zero-order valence-electron chi connectivity index (χ0n) is 12.5. The van der Waals surface area contributed by atoms with E-state index in [0.29, 0.717) is 11.4 Å². The van der Waals surface area contributed by atoms with E-state index in [4.69, 9.17) is 10.5 Å². The number of anilines is 1. The molecule has 21 heavy (non-hydrogen) atoms. The zero-order valence-corrected chi connectivity index (χ0v) is 12.5. The van der Waals surface area contributed by atoms with Crippen LogP contribution in [0.15, 0.2) is 24.4 Å². The fraction of sp³-hybridized carbons (Fsp3) is 0.333. The molecule has 1 aromatic carbocycles. The Kier molecular flexibility index (Phi) is 3.72. The van der Waals surface area contributed by atoms with Crippen molar-refractivity contribution in [2.75, 3.05) is 5.73 Å². The van der Waals surface area contributed by atoms with E-state index in [2.05, 4.69) is 5.10 Å². The van der Waals surface area contributed by atoms with Crippen LogP contribution in [-0.4, -0.2) is 21.4 Å². The van der Waals surface area contributed by atoms with Gasteiger partial charge in [0.15, 0.2) is 0 Å². The molecule has 2 N–H and O–H groups in total. The van der Waals surface area contributed by atoms with E-state index in [1.54, 1.807) is 46.0 Å². The first kappa shape index (κ1) is 15.0. The van der Waals surface area contributed by atoms with Gasteiger partial charge in [0.2, 0.25) is 0 Å². The van der Waals surface area contributed by atoms with Gasteiger partial charge in [-0.15, -0.1) is 0 Å². The van der Waals surface area contributed by atoms with E-state index in [0.717, 1.165) is 6.07 Å². The first-order chi connectivity index (χ1) is 9.67. The summed E-state index contributed by atoms with van der Waals surface area (Å²) in [5.74, 6) is -0.821. The highest BCUT2D eigenvalue weighted by molar-refractivity contribution is 5.91. The van der Waals surface area contributed by atoms with Crippen molar-refractivity contribution < 1.29 is 13.9 Å². The number of benzene rings is 1. The van der Waals surface area contributed by atoms with Crippen LogP contribution in [0, 0.1) is 12.7 Å². The van der Waals surface area contributed by atoms with E-state index in [-0.39, 0.29) is 11.3 Å². The van der Waals surface area contributed by atoms with Crippen LogP contribution in [0.5, 0.6) is 0 Å². The molecule has 5 nitrogen and oxygen atoms in total. The Bertz CT molecular complexity index is 687. The molecule has 1 aromatic heterocycles. The Morgan fingerprint density at radius 2 is 2.05 bits per heavy atom. The van der Waals surface area contributed by atoms with Crippen molar-refractivity contribution in [3.05, 3.63) is 41.3 Å². The Balaban J connectivity index is 2.40. The van der Waals surface area contributed by atoms with E-state index in [1.165, 1.54) is 4.68 Å². The maximum absolute atomic E-state index is 14.2. The number of nitrogens with two attached hydrogens (primary N) is 1. The Hall–Kier alpha value is -2.37. The fourth-order valence-electron chi connectivity index (χ4n) is 1.87. The summed E-state index contributed by atoms with van der Waals surface area (Å²) in [6.07, 6.45) is 1.56. The number of carbonyl (C=O) groups excluding carboxylic acids is 1. The summed E-state index contributed by atoms with van der Waals surface area (Å²) in [5, 5.41) is 3.96. The van der Waals surface area contributed by atoms with E-state index >= 15 is 0 Å². The summed E-state index contributed by atoms with van der Waals surface area (Å²) in [5.41, 5.74) is 5.93. The number of hydrogen-bond acceptors (Lipinski definition) is 4. The molecule has 6 heteroatoms. The lowest BCUT2D eigenvalue weighted by Crippen LogP contribution is -2.24. The van der Waals surface area contributed by atoms with E-state index in [1.807, 2.05) is 0 Å². The number of esters is 1. The van der Waals surface area contributed by atoms with Crippen LogP contribution in [0.3, 0.4) is 0 Å². The average molecular weight is 291 g/mol. The third-order valence-corrected chi connectivity index (χ3v) is 2.77. The fourth-order valence-corrected chi connectivity index (χ4v) is 1.87. The standard InChI is InChI=1S/C15H18FN3O2/c1-9-7-12(19-6-5-13(17)18-19)11(16)8-10(9)14(20)21-15(2,3)4/h5-8H,1-4H3,(H2,17,18). The van der Waals surface area contributed by atoms with Crippen molar-refractivity contribution in [1.82, 2.24) is 9.78 Å². The molecule has 2 rings (SSSR count). The maximum Gasteiger partial charge on any atom is 0.339 e. The molecule has 0 bridgehead atoms. The monoisotopic (exact) mass is 291 g/mol. The molecule has 0 aliphatic carbocycles. The van der Waals surface area contributed by atoms with Crippen molar-refractivity contribution in [2.45, 2.75) is 33.3 Å². The van der Waals surface area contributed by atoms with Crippen LogP contribution in [0.2, 0.25) is 0 Å². The summed E-state index contributed by atoms with van der Waals surface area (Å²) in [6, 6.07) is 4.27. The lowest BCUT2D eigenvalue weighted by Gasteiger charge is -2.20. The minimum absolute atomic E-state index is 0.200. The maximum atomic E-state index is 14.2. The quantitative estimate of drug-likeness (QED) is 0.864. The van der Waals surface area contributed by atoms with Gasteiger partial charge in [-0.2, -0.15) is 5.10 Å². The molecule has 0 aliphatic rings. The Morgan fingerprint density at radius 3 is 2.57 bits per heavy atom. The van der Waals surface area contributed by atoms with Gasteiger partial charge in [-0.3, -0.25) is 0 Å². The molecule has 0 saturated carbocycles. The predicted molar refractivity (Wildman–Crippen MR) is 77.8 cm³/mol. The molecule has 0 amide bonds. The van der Waals surface area contributed by atoms with Gasteiger partial charge >= 0.3 is 5.97 Å². The van der Waals surface area contributed by atoms with Gasteiger partial charge in [0.1, 0.15) is 22.9 Å². The van der Waals surface area contributed by atoms with E-state index < -0.39 is 17.4 Å². The molecule has 0 fully saturated rings. The normalized spacial score (nSPS) is 11.5. The van der Waals surface area contributed by atoms with Crippen LogP contribution >= 0.6 is 0 Å². The minimum atomic E-state index is -0.630. The molecule has 112 valence electrons. The Labute approximate surface area is 122 Å². The number of nitrogens with zero attached hydrogens (tertiary/aromatic N) is 2. The van der Waals surface area contributed by atoms with Crippen LogP contribution in [0.1, 0.15) is 36.7 Å². The van der Waals surface area contributed by atoms with Gasteiger partial charge < -0.3 is 10.5 Å². The molecule has 1 heterocycles. The van der Waals surface area contributed by atoms with Crippen molar-refractivity contribution in [1.29, 1.82) is 0 Å². The summed E-state index contributed by atoms with van der Waals surface area (Å²) >= 11 is 0. The minimum Gasteiger partial charge on any atom is -0.456 e. The molecule has 0 saturated heterocycles. The first-order valence-corrected chi connectivity index (χ1v) is 6.52. The van der Waals surface area contributed by atoms with Crippen LogP contribution in [0.4, 0.5) is 10.2 Å². The third-order valence-electron chi connectivity index (χ3n) is 2.77. The second kappa shape index (κ2) is 5.20. The largest absolute Gasteiger partial charge is 0.456 e. The SMILES string of the molecule is Cc1cc(-n2ccc(N)n2)c(F)cc1C(=O)OC(C)(C)C. The summed E-state index contributed by atoms with van der Waals surface area (Å²) in [7, 11) is 0. The second-order valence-corrected chi connectivity index (χ2v) is 5.81. The predicted octanol–water partition coefficient (Wildman–Crippen LogP) is 2.86. The number of hydrogen-bond donors (Lipinski definition) is 1. The van der Waals surface area contributed by atoms with E-state index in [9.17, 15) is 9.18 Å². The molecule has 0 unspecified atom stereocenters.